The van der Waals surface area contributed by atoms with Crippen LogP contribution >= 0.6 is 0 Å². The van der Waals surface area contributed by atoms with E-state index in [2.05, 4.69) is 13.8 Å². The number of hydrogen-bond acceptors (Lipinski definition) is 2. The van der Waals surface area contributed by atoms with E-state index in [0.717, 1.165) is 17.7 Å². The van der Waals surface area contributed by atoms with Gasteiger partial charge < -0.3 is 9.84 Å². The average molecular weight is 221 g/mol. The van der Waals surface area contributed by atoms with E-state index >= 15 is 0 Å². The van der Waals surface area contributed by atoms with Gasteiger partial charge in [-0.05, 0) is 43.4 Å². The molecule has 0 heterocycles. The second-order valence-corrected chi connectivity index (χ2v) is 4.71. The third-order valence-electron chi connectivity index (χ3n) is 2.66. The van der Waals surface area contributed by atoms with E-state index in [1.54, 1.807) is 7.11 Å². The van der Waals surface area contributed by atoms with Crippen molar-refractivity contribution in [2.45, 2.75) is 32.8 Å². The molecule has 0 bridgehead atoms. The lowest BCUT2D eigenvalue weighted by molar-refractivity contribution is 0.0867. The monoisotopic (exact) mass is 221 g/mol. The van der Waals surface area contributed by atoms with Gasteiger partial charge in [-0.3, -0.25) is 0 Å². The van der Waals surface area contributed by atoms with Crippen molar-refractivity contribution in [3.8, 4) is 5.75 Å². The Morgan fingerprint density at radius 1 is 1.31 bits per heavy atom. The first kappa shape index (κ1) is 13.0. The predicted octanol–water partition coefficient (Wildman–Crippen LogP) is 3.15. The first-order chi connectivity index (χ1) is 7.45. The van der Waals surface area contributed by atoms with Gasteiger partial charge in [0.2, 0.25) is 0 Å². The average Bonchev–Trinajstić information content (AvgIpc) is 2.27. The summed E-state index contributed by atoms with van der Waals surface area (Å²) in [6.45, 7) is 6.10. The molecule has 0 saturated carbocycles. The molecule has 89 valence electrons. The summed E-state index contributed by atoms with van der Waals surface area (Å²) in [5, 5.41) is 10.3. The molecule has 0 aliphatic rings. The van der Waals surface area contributed by atoms with Gasteiger partial charge in [-0.25, -0.2) is 0 Å². The van der Waals surface area contributed by atoms with Crippen LogP contribution in [0.2, 0.25) is 0 Å². The third-order valence-corrected chi connectivity index (χ3v) is 2.66. The van der Waals surface area contributed by atoms with Crippen LogP contribution in [-0.4, -0.2) is 12.2 Å². The molecule has 1 aromatic carbocycles. The number of ether oxygens (including phenoxy) is 1. The van der Waals surface area contributed by atoms with Crippen LogP contribution in [0.1, 0.15) is 32.8 Å². The summed E-state index contributed by atoms with van der Waals surface area (Å²) in [6.07, 6.45) is 2.86. The molecule has 1 N–H and O–H groups in total. The van der Waals surface area contributed by atoms with E-state index in [9.17, 15) is 5.11 Å². The van der Waals surface area contributed by atoms with Crippen molar-refractivity contribution < 1.29 is 9.84 Å². The lowest BCUT2D eigenvalue weighted by Crippen LogP contribution is -2.22. The molecule has 1 radical (unpaired) electrons. The fourth-order valence-electron chi connectivity index (χ4n) is 1.51. The Morgan fingerprint density at radius 3 is 2.31 bits per heavy atom. The zero-order valence-corrected chi connectivity index (χ0v) is 10.5. The highest BCUT2D eigenvalue weighted by atomic mass is 16.5. The summed E-state index contributed by atoms with van der Waals surface area (Å²) in [5.41, 5.74) is 0.0326. The molecule has 1 aromatic rings. The molecule has 16 heavy (non-hydrogen) atoms. The molecule has 0 amide bonds. The summed E-state index contributed by atoms with van der Waals surface area (Å²) in [4.78, 5) is 0. The van der Waals surface area contributed by atoms with Crippen LogP contribution in [0.15, 0.2) is 24.3 Å². The van der Waals surface area contributed by atoms with Crippen molar-refractivity contribution in [3.63, 3.8) is 0 Å². The lowest BCUT2D eigenvalue weighted by atomic mass is 9.88. The van der Waals surface area contributed by atoms with Crippen molar-refractivity contribution in [2.75, 3.05) is 7.11 Å². The molecule has 2 nitrogen and oxygen atoms in total. The normalized spacial score (nSPS) is 14.9. The quantitative estimate of drug-likeness (QED) is 0.827. The highest BCUT2D eigenvalue weighted by Crippen LogP contribution is 2.28. The molecule has 0 aromatic heterocycles. The van der Waals surface area contributed by atoms with E-state index in [1.807, 2.05) is 37.6 Å². The van der Waals surface area contributed by atoms with Gasteiger partial charge in [0.15, 0.2) is 0 Å². The van der Waals surface area contributed by atoms with E-state index in [4.69, 9.17) is 4.74 Å². The van der Waals surface area contributed by atoms with Crippen LogP contribution < -0.4 is 4.74 Å². The minimum atomic E-state index is -0.865. The summed E-state index contributed by atoms with van der Waals surface area (Å²) in [5.74, 6) is 1.37. The maximum absolute atomic E-state index is 10.3. The minimum Gasteiger partial charge on any atom is -0.497 e. The Morgan fingerprint density at radius 2 is 1.88 bits per heavy atom. The molecule has 2 heteroatoms. The number of hydrogen-bond donors (Lipinski definition) is 1. The smallest absolute Gasteiger partial charge is 0.118 e. The van der Waals surface area contributed by atoms with Crippen molar-refractivity contribution in [2.24, 2.45) is 5.92 Å². The molecule has 1 unspecified atom stereocenters. The maximum atomic E-state index is 10.3. The van der Waals surface area contributed by atoms with Gasteiger partial charge in [-0.15, -0.1) is 0 Å². The molecule has 0 aliphatic carbocycles. The Labute approximate surface area is 98.3 Å². The Balaban J connectivity index is 2.72. The second kappa shape index (κ2) is 5.35. The molecule has 1 rings (SSSR count). The van der Waals surface area contributed by atoms with Crippen molar-refractivity contribution in [1.82, 2.24) is 0 Å². The summed E-state index contributed by atoms with van der Waals surface area (Å²) < 4.78 is 5.09. The molecule has 0 aliphatic heterocycles. The first-order valence-corrected chi connectivity index (χ1v) is 5.67. The van der Waals surface area contributed by atoms with Gasteiger partial charge in [0, 0.05) is 0 Å². The maximum Gasteiger partial charge on any atom is 0.118 e. The highest BCUT2D eigenvalue weighted by Gasteiger charge is 2.23. The number of aliphatic hydroxyl groups is 1. The zero-order valence-electron chi connectivity index (χ0n) is 10.5. The molecule has 1 atom stereocenters. The number of rotatable bonds is 5. The van der Waals surface area contributed by atoms with E-state index in [1.165, 1.54) is 0 Å². The minimum absolute atomic E-state index is 0.560. The topological polar surface area (TPSA) is 29.5 Å². The molecule has 0 fully saturated rings. The van der Waals surface area contributed by atoms with Gasteiger partial charge in [0.1, 0.15) is 5.75 Å². The van der Waals surface area contributed by atoms with Gasteiger partial charge in [-0.2, -0.15) is 0 Å². The summed E-state index contributed by atoms with van der Waals surface area (Å²) >= 11 is 0. The van der Waals surface area contributed by atoms with Gasteiger partial charge in [-0.1, -0.05) is 26.0 Å². The van der Waals surface area contributed by atoms with Crippen LogP contribution in [0.25, 0.3) is 0 Å². The predicted molar refractivity (Wildman–Crippen MR) is 66.3 cm³/mol. The van der Waals surface area contributed by atoms with Crippen molar-refractivity contribution in [1.29, 1.82) is 0 Å². The zero-order chi connectivity index (χ0) is 12.2. The molecule has 0 spiro atoms. The van der Waals surface area contributed by atoms with Crippen LogP contribution in [0.5, 0.6) is 5.75 Å². The SMILES string of the molecule is COc1ccc(C(C)(O)[CH]CC(C)C)cc1. The number of methoxy groups -OCH3 is 1. The summed E-state index contributed by atoms with van der Waals surface area (Å²) in [6, 6.07) is 7.53. The molecule has 0 saturated heterocycles. The van der Waals surface area contributed by atoms with E-state index < -0.39 is 5.60 Å². The molecular formula is C14H21O2. The Bertz CT molecular complexity index is 312. The Hall–Kier alpha value is -1.02. The number of benzene rings is 1. The van der Waals surface area contributed by atoms with Crippen LogP contribution in [-0.2, 0) is 5.60 Å². The fraction of sp³-hybridized carbons (Fsp3) is 0.500. The first-order valence-electron chi connectivity index (χ1n) is 5.67. The standard InChI is InChI=1S/C14H21O2/c1-11(2)9-10-14(3,15)12-5-7-13(16-4)8-6-12/h5-8,10-11,15H,9H2,1-4H3. The lowest BCUT2D eigenvalue weighted by Gasteiger charge is -2.24. The van der Waals surface area contributed by atoms with Crippen LogP contribution in [0.3, 0.4) is 0 Å². The highest BCUT2D eigenvalue weighted by molar-refractivity contribution is 5.31. The third kappa shape index (κ3) is 3.53. The summed E-state index contributed by atoms with van der Waals surface area (Å²) in [7, 11) is 1.64. The second-order valence-electron chi connectivity index (χ2n) is 4.71. The molecular weight excluding hydrogens is 200 g/mol. The van der Waals surface area contributed by atoms with Gasteiger partial charge in [0.25, 0.3) is 0 Å². The fourth-order valence-corrected chi connectivity index (χ4v) is 1.51. The van der Waals surface area contributed by atoms with Crippen molar-refractivity contribution in [3.05, 3.63) is 36.2 Å². The Kier molecular flexibility index (Phi) is 4.36. The van der Waals surface area contributed by atoms with E-state index in [-0.39, 0.29) is 0 Å². The largest absolute Gasteiger partial charge is 0.497 e. The van der Waals surface area contributed by atoms with Crippen LogP contribution in [0.4, 0.5) is 0 Å². The van der Waals surface area contributed by atoms with Gasteiger partial charge >= 0.3 is 0 Å². The van der Waals surface area contributed by atoms with E-state index in [0.29, 0.717) is 5.92 Å². The van der Waals surface area contributed by atoms with Crippen LogP contribution in [0, 0.1) is 12.3 Å². The van der Waals surface area contributed by atoms with Gasteiger partial charge in [0.05, 0.1) is 12.7 Å². The van der Waals surface area contributed by atoms with Crippen molar-refractivity contribution >= 4 is 0 Å².